The van der Waals surface area contributed by atoms with E-state index in [1.807, 2.05) is 12.1 Å². The van der Waals surface area contributed by atoms with Gasteiger partial charge in [0.15, 0.2) is 5.75 Å². The molecule has 0 spiro atoms. The molecular weight excluding hydrogens is 304 g/mol. The molecule has 0 aromatic heterocycles. The molecule has 1 N–H and O–H groups in total. The molecule has 2 aliphatic rings. The second kappa shape index (κ2) is 5.67. The number of methoxy groups -OCH3 is 1. The number of allylic oxidation sites excluding steroid dienone is 2. The molecule has 5 heteroatoms. The van der Waals surface area contributed by atoms with Crippen LogP contribution in [0.2, 0.25) is 0 Å². The topological polar surface area (TPSA) is 64.4 Å². The van der Waals surface area contributed by atoms with Gasteiger partial charge in [-0.3, -0.25) is 10.1 Å². The van der Waals surface area contributed by atoms with Crippen molar-refractivity contribution in [3.63, 3.8) is 0 Å². The zero-order valence-corrected chi connectivity index (χ0v) is 13.3. The largest absolute Gasteiger partial charge is 0.490 e. The molecule has 0 amide bonds. The smallest absolute Gasteiger partial charge is 0.311 e. The number of anilines is 1. The highest BCUT2D eigenvalue weighted by molar-refractivity contribution is 5.60. The van der Waals surface area contributed by atoms with Gasteiger partial charge < -0.3 is 10.1 Å². The van der Waals surface area contributed by atoms with Crippen LogP contribution in [0.4, 0.5) is 11.4 Å². The summed E-state index contributed by atoms with van der Waals surface area (Å²) in [5, 5.41) is 14.9. The Bertz CT molecular complexity index is 831. The molecule has 1 heterocycles. The summed E-state index contributed by atoms with van der Waals surface area (Å²) in [5.74, 6) is 1.02. The Morgan fingerprint density at radius 3 is 2.88 bits per heavy atom. The first kappa shape index (κ1) is 14.8. The molecular formula is C19H18N2O3. The average molecular weight is 322 g/mol. The molecule has 3 atom stereocenters. The van der Waals surface area contributed by atoms with E-state index >= 15 is 0 Å². The maximum absolute atomic E-state index is 11.3. The van der Waals surface area contributed by atoms with E-state index in [1.165, 1.54) is 12.7 Å². The van der Waals surface area contributed by atoms with Gasteiger partial charge in [-0.2, -0.15) is 0 Å². The van der Waals surface area contributed by atoms with E-state index in [2.05, 4.69) is 35.7 Å². The minimum atomic E-state index is -0.385. The summed E-state index contributed by atoms with van der Waals surface area (Å²) >= 11 is 0. The van der Waals surface area contributed by atoms with Crippen molar-refractivity contribution in [3.05, 3.63) is 75.9 Å². The number of para-hydroxylation sites is 1. The lowest BCUT2D eigenvalue weighted by Gasteiger charge is -2.37. The monoisotopic (exact) mass is 322 g/mol. The molecule has 1 aliphatic carbocycles. The van der Waals surface area contributed by atoms with Crippen LogP contribution < -0.4 is 10.1 Å². The van der Waals surface area contributed by atoms with Crippen LogP contribution in [0, 0.1) is 16.0 Å². The van der Waals surface area contributed by atoms with Gasteiger partial charge in [-0.15, -0.1) is 0 Å². The molecule has 0 fully saturated rings. The number of nitrogens with zero attached hydrogens (tertiary/aromatic N) is 1. The first-order valence-electron chi connectivity index (χ1n) is 8.03. The van der Waals surface area contributed by atoms with Crippen LogP contribution in [-0.4, -0.2) is 12.0 Å². The Hall–Kier alpha value is -2.82. The van der Waals surface area contributed by atoms with Gasteiger partial charge in [-0.05, 0) is 35.6 Å². The molecule has 122 valence electrons. The average Bonchev–Trinajstić information content (AvgIpc) is 3.10. The fourth-order valence-corrected chi connectivity index (χ4v) is 3.92. The lowest BCUT2D eigenvalue weighted by molar-refractivity contribution is -0.385. The third-order valence-corrected chi connectivity index (χ3v) is 5.03. The number of hydrogen-bond acceptors (Lipinski definition) is 4. The summed E-state index contributed by atoms with van der Waals surface area (Å²) < 4.78 is 5.12. The Labute approximate surface area is 140 Å². The summed E-state index contributed by atoms with van der Waals surface area (Å²) in [6, 6.07) is 13.6. The summed E-state index contributed by atoms with van der Waals surface area (Å²) in [6.45, 7) is 0. The molecule has 4 rings (SSSR count). The fourth-order valence-electron chi connectivity index (χ4n) is 3.92. The van der Waals surface area contributed by atoms with E-state index in [0.29, 0.717) is 17.6 Å². The van der Waals surface area contributed by atoms with Crippen molar-refractivity contribution >= 4 is 11.4 Å². The highest BCUT2D eigenvalue weighted by atomic mass is 16.6. The second-order valence-electron chi connectivity index (χ2n) is 6.25. The summed E-state index contributed by atoms with van der Waals surface area (Å²) in [6.07, 6.45) is 5.44. The van der Waals surface area contributed by atoms with Crippen LogP contribution in [0.3, 0.4) is 0 Å². The lowest BCUT2D eigenvalue weighted by atomic mass is 9.77. The van der Waals surface area contributed by atoms with Crippen molar-refractivity contribution in [2.45, 2.75) is 18.4 Å². The predicted molar refractivity (Wildman–Crippen MR) is 92.4 cm³/mol. The van der Waals surface area contributed by atoms with Gasteiger partial charge in [-0.1, -0.05) is 36.4 Å². The number of nitro benzene ring substituents is 1. The zero-order valence-electron chi connectivity index (χ0n) is 13.3. The third kappa shape index (κ3) is 2.24. The number of fused-ring (bicyclic) bond motifs is 3. The van der Waals surface area contributed by atoms with Crippen LogP contribution in [0.5, 0.6) is 5.75 Å². The zero-order chi connectivity index (χ0) is 16.7. The maximum Gasteiger partial charge on any atom is 0.311 e. The van der Waals surface area contributed by atoms with Crippen LogP contribution in [0.15, 0.2) is 54.6 Å². The van der Waals surface area contributed by atoms with Crippen LogP contribution in [0.1, 0.15) is 29.5 Å². The summed E-state index contributed by atoms with van der Waals surface area (Å²) in [7, 11) is 1.45. The van der Waals surface area contributed by atoms with Crippen molar-refractivity contribution in [1.29, 1.82) is 0 Å². The van der Waals surface area contributed by atoms with E-state index in [1.54, 1.807) is 12.1 Å². The number of benzene rings is 2. The van der Waals surface area contributed by atoms with Gasteiger partial charge in [0.2, 0.25) is 0 Å². The molecule has 0 saturated carbocycles. The Kier molecular flexibility index (Phi) is 3.49. The predicted octanol–water partition coefficient (Wildman–Crippen LogP) is 4.43. The van der Waals surface area contributed by atoms with E-state index in [9.17, 15) is 10.1 Å². The lowest BCUT2D eigenvalue weighted by Crippen LogP contribution is -2.29. The standard InChI is InChI=1S/C19H18N2O3/c1-24-18-10-9-12(11-17(18)21(22)23)19-15-7-4-6-13(15)14-5-2-3-8-16(14)20-19/h2-6,8-11,13,15,19-20H,7H2,1H3/t13-,15-,19-/m1/s1. The molecule has 0 radical (unpaired) electrons. The van der Waals surface area contributed by atoms with Crippen molar-refractivity contribution in [3.8, 4) is 5.75 Å². The van der Waals surface area contributed by atoms with E-state index in [4.69, 9.17) is 4.74 Å². The SMILES string of the molecule is COc1ccc([C@H]2Nc3ccccc3[C@H]3C=CC[C@H]32)cc1[N+](=O)[O-]. The van der Waals surface area contributed by atoms with Crippen LogP contribution in [0.25, 0.3) is 0 Å². The molecule has 0 unspecified atom stereocenters. The highest BCUT2D eigenvalue weighted by Gasteiger charge is 2.38. The number of hydrogen-bond donors (Lipinski definition) is 1. The first-order valence-corrected chi connectivity index (χ1v) is 8.03. The molecule has 1 aliphatic heterocycles. The number of rotatable bonds is 3. The van der Waals surface area contributed by atoms with Crippen molar-refractivity contribution in [1.82, 2.24) is 0 Å². The van der Waals surface area contributed by atoms with Gasteiger partial charge in [0.1, 0.15) is 0 Å². The van der Waals surface area contributed by atoms with Gasteiger partial charge in [0.25, 0.3) is 0 Å². The maximum atomic E-state index is 11.3. The normalized spacial score (nSPS) is 24.0. The van der Waals surface area contributed by atoms with Gasteiger partial charge in [0.05, 0.1) is 18.1 Å². The quantitative estimate of drug-likeness (QED) is 0.516. The Morgan fingerprint density at radius 2 is 2.08 bits per heavy atom. The Morgan fingerprint density at radius 1 is 1.25 bits per heavy atom. The van der Waals surface area contributed by atoms with Crippen molar-refractivity contribution in [2.24, 2.45) is 5.92 Å². The number of nitro groups is 1. The van der Waals surface area contributed by atoms with Crippen molar-refractivity contribution in [2.75, 3.05) is 12.4 Å². The molecule has 0 bridgehead atoms. The second-order valence-corrected chi connectivity index (χ2v) is 6.25. The van der Waals surface area contributed by atoms with Crippen LogP contribution >= 0.6 is 0 Å². The van der Waals surface area contributed by atoms with Gasteiger partial charge >= 0.3 is 5.69 Å². The van der Waals surface area contributed by atoms with Gasteiger partial charge in [0, 0.05) is 17.7 Å². The van der Waals surface area contributed by atoms with Crippen molar-refractivity contribution < 1.29 is 9.66 Å². The summed E-state index contributed by atoms with van der Waals surface area (Å²) in [4.78, 5) is 10.9. The van der Waals surface area contributed by atoms with E-state index in [-0.39, 0.29) is 16.7 Å². The molecule has 24 heavy (non-hydrogen) atoms. The minimum absolute atomic E-state index is 0.0122. The van der Waals surface area contributed by atoms with E-state index in [0.717, 1.165) is 17.7 Å². The molecule has 0 saturated heterocycles. The molecule has 2 aromatic rings. The van der Waals surface area contributed by atoms with Crippen LogP contribution in [-0.2, 0) is 0 Å². The fraction of sp³-hybridized carbons (Fsp3) is 0.263. The molecule has 5 nitrogen and oxygen atoms in total. The van der Waals surface area contributed by atoms with E-state index < -0.39 is 0 Å². The van der Waals surface area contributed by atoms with Gasteiger partial charge in [-0.25, -0.2) is 0 Å². The number of nitrogens with one attached hydrogen (secondary N) is 1. The Balaban J connectivity index is 1.78. The molecule has 2 aromatic carbocycles. The highest BCUT2D eigenvalue weighted by Crippen LogP contribution is 2.50. The first-order chi connectivity index (χ1) is 11.7. The third-order valence-electron chi connectivity index (χ3n) is 5.03. The summed E-state index contributed by atoms with van der Waals surface area (Å²) in [5.41, 5.74) is 3.35. The minimum Gasteiger partial charge on any atom is -0.490 e. The number of ether oxygens (including phenoxy) is 1.